The van der Waals surface area contributed by atoms with Crippen LogP contribution in [0.3, 0.4) is 0 Å². The number of oxime groups is 1. The van der Waals surface area contributed by atoms with E-state index in [4.69, 9.17) is 9.94 Å². The first-order valence-corrected chi connectivity index (χ1v) is 12.6. The van der Waals surface area contributed by atoms with Crippen molar-refractivity contribution < 1.29 is 29.3 Å². The summed E-state index contributed by atoms with van der Waals surface area (Å²) in [7, 11) is 0. The molecule has 2 rings (SSSR count). The fourth-order valence-electron chi connectivity index (χ4n) is 4.66. The van der Waals surface area contributed by atoms with Crippen molar-refractivity contribution in [1.82, 2.24) is 0 Å². The van der Waals surface area contributed by atoms with Crippen LogP contribution in [0.4, 0.5) is 4.39 Å². The topological polar surface area (TPSA) is 99.4 Å². The number of carbonyl (C=O) groups is 1. The summed E-state index contributed by atoms with van der Waals surface area (Å²) in [6, 6.07) is 6.46. The van der Waals surface area contributed by atoms with E-state index >= 15 is 0 Å². The van der Waals surface area contributed by atoms with Crippen molar-refractivity contribution >= 4 is 11.7 Å². The van der Waals surface area contributed by atoms with E-state index in [0.29, 0.717) is 38.5 Å². The van der Waals surface area contributed by atoms with Crippen LogP contribution < -0.4 is 0 Å². The van der Waals surface area contributed by atoms with E-state index < -0.39 is 23.8 Å². The predicted molar refractivity (Wildman–Crippen MR) is 131 cm³/mol. The largest absolute Gasteiger partial charge is 0.481 e. The number of unbranched alkanes of at least 4 members (excludes halogenated alkanes) is 3. The molecule has 0 aliphatic heterocycles. The van der Waals surface area contributed by atoms with Gasteiger partial charge >= 0.3 is 5.97 Å². The minimum Gasteiger partial charge on any atom is -0.481 e. The Morgan fingerprint density at radius 1 is 1.18 bits per heavy atom. The molecule has 0 spiro atoms. The number of aliphatic carboxylic acids is 1. The Labute approximate surface area is 203 Å². The molecular weight excluding hydrogens is 437 g/mol. The number of carboxylic acid groups (broad SMARTS) is 1. The molecule has 0 amide bonds. The van der Waals surface area contributed by atoms with Crippen molar-refractivity contribution in [3.05, 3.63) is 35.6 Å². The summed E-state index contributed by atoms with van der Waals surface area (Å²) >= 11 is 0. The highest BCUT2D eigenvalue weighted by Gasteiger charge is 2.40. The lowest BCUT2D eigenvalue weighted by Crippen LogP contribution is -2.23. The normalized spacial score (nSPS) is 22.8. The Morgan fingerprint density at radius 3 is 2.59 bits per heavy atom. The van der Waals surface area contributed by atoms with Crippen LogP contribution in [0.15, 0.2) is 29.4 Å². The first kappa shape index (κ1) is 28.2. The number of carboxylic acids is 1. The number of hydrogen-bond donors (Lipinski definition) is 3. The van der Waals surface area contributed by atoms with Crippen molar-refractivity contribution in [2.45, 2.75) is 109 Å². The first-order valence-electron chi connectivity index (χ1n) is 12.6. The summed E-state index contributed by atoms with van der Waals surface area (Å²) in [4.78, 5) is 16.3. The Kier molecular flexibility index (Phi) is 11.5. The van der Waals surface area contributed by atoms with E-state index in [1.165, 1.54) is 12.1 Å². The molecule has 1 aromatic rings. The number of benzene rings is 1. The zero-order valence-corrected chi connectivity index (χ0v) is 20.9. The van der Waals surface area contributed by atoms with Gasteiger partial charge in [0.15, 0.2) is 0 Å². The molecule has 1 aliphatic rings. The number of halogens is 1. The fraction of sp³-hybridized carbons (Fsp3) is 0.704. The number of aliphatic hydroxyl groups excluding tert-OH is 2. The van der Waals surface area contributed by atoms with E-state index in [9.17, 15) is 19.4 Å². The predicted octanol–water partition coefficient (Wildman–Crippen LogP) is 5.49. The quantitative estimate of drug-likeness (QED) is 0.242. The molecule has 1 saturated carbocycles. The number of nitrogens with zero attached hydrogens (tertiary/aromatic N) is 1. The minimum absolute atomic E-state index is 0.0418. The summed E-state index contributed by atoms with van der Waals surface area (Å²) in [5.41, 5.74) is 1.31. The summed E-state index contributed by atoms with van der Waals surface area (Å²) in [5, 5.41) is 34.5. The van der Waals surface area contributed by atoms with E-state index in [1.54, 1.807) is 6.07 Å². The van der Waals surface area contributed by atoms with Crippen LogP contribution in [-0.4, -0.2) is 44.8 Å². The fourth-order valence-corrected chi connectivity index (χ4v) is 4.66. The second kappa shape index (κ2) is 13.8. The second-order valence-corrected chi connectivity index (χ2v) is 10.6. The van der Waals surface area contributed by atoms with Crippen molar-refractivity contribution in [3.8, 4) is 0 Å². The lowest BCUT2D eigenvalue weighted by atomic mass is 9.84. The smallest absolute Gasteiger partial charge is 0.303 e. The molecule has 7 heteroatoms. The molecule has 1 aliphatic carbocycles. The molecule has 0 aromatic heterocycles. The molecular formula is C27H42FNO5. The molecule has 6 nitrogen and oxygen atoms in total. The molecule has 34 heavy (non-hydrogen) atoms. The van der Waals surface area contributed by atoms with Crippen LogP contribution in [-0.2, 0) is 16.1 Å². The maximum Gasteiger partial charge on any atom is 0.303 e. The van der Waals surface area contributed by atoms with Crippen LogP contribution in [0.5, 0.6) is 0 Å². The molecule has 0 bridgehead atoms. The molecule has 4 atom stereocenters. The van der Waals surface area contributed by atoms with Crippen molar-refractivity contribution in [2.75, 3.05) is 0 Å². The van der Waals surface area contributed by atoms with Gasteiger partial charge < -0.3 is 20.2 Å². The van der Waals surface area contributed by atoms with Crippen molar-refractivity contribution in [1.29, 1.82) is 0 Å². The Hall–Kier alpha value is -1.99. The van der Waals surface area contributed by atoms with Gasteiger partial charge in [-0.1, -0.05) is 36.6 Å². The van der Waals surface area contributed by atoms with Gasteiger partial charge in [-0.15, -0.1) is 0 Å². The number of aryl methyl sites for hydroxylation is 1. The molecule has 0 radical (unpaired) electrons. The van der Waals surface area contributed by atoms with Gasteiger partial charge in [-0.2, -0.15) is 0 Å². The highest BCUT2D eigenvalue weighted by molar-refractivity contribution is 5.89. The SMILES string of the molecule is CC(C)(C)ON=C1CC(O)C(CCCCCCC(=O)O)C1CCC(O)CCc1cccc(F)c1. The third-order valence-corrected chi connectivity index (χ3v) is 6.44. The average molecular weight is 480 g/mol. The van der Waals surface area contributed by atoms with Gasteiger partial charge in [-0.05, 0) is 82.9 Å². The van der Waals surface area contributed by atoms with Crippen LogP contribution in [0.2, 0.25) is 0 Å². The van der Waals surface area contributed by atoms with Gasteiger partial charge in [0, 0.05) is 18.8 Å². The Bertz CT molecular complexity index is 791. The number of rotatable bonds is 14. The Balaban J connectivity index is 1.92. The van der Waals surface area contributed by atoms with Crippen LogP contribution in [0.1, 0.15) is 90.5 Å². The van der Waals surface area contributed by atoms with Gasteiger partial charge in [0.05, 0.1) is 17.9 Å². The molecule has 1 aromatic carbocycles. The van der Waals surface area contributed by atoms with Crippen molar-refractivity contribution in [2.24, 2.45) is 17.0 Å². The van der Waals surface area contributed by atoms with Gasteiger partial charge in [-0.25, -0.2) is 4.39 Å². The highest BCUT2D eigenvalue weighted by atomic mass is 19.1. The zero-order chi connectivity index (χ0) is 25.1. The maximum atomic E-state index is 13.4. The van der Waals surface area contributed by atoms with Gasteiger partial charge in [0.2, 0.25) is 0 Å². The first-order chi connectivity index (χ1) is 16.0. The van der Waals surface area contributed by atoms with Crippen LogP contribution in [0.25, 0.3) is 0 Å². The van der Waals surface area contributed by atoms with E-state index in [2.05, 4.69) is 5.16 Å². The lowest BCUT2D eigenvalue weighted by Gasteiger charge is -2.24. The van der Waals surface area contributed by atoms with Gasteiger partial charge in [-0.3, -0.25) is 4.79 Å². The maximum absolute atomic E-state index is 13.4. The lowest BCUT2D eigenvalue weighted by molar-refractivity contribution is -0.137. The monoisotopic (exact) mass is 479 g/mol. The summed E-state index contributed by atoms with van der Waals surface area (Å²) in [6.07, 6.45) is 6.37. The molecule has 1 fully saturated rings. The molecule has 4 unspecified atom stereocenters. The zero-order valence-electron chi connectivity index (χ0n) is 20.9. The number of hydrogen-bond acceptors (Lipinski definition) is 5. The standard InChI is InChI=1S/C27H42FNO5/c1-27(2,3)34-29-24-18-25(31)23(11-6-4-5-7-12-26(32)33)22(24)16-15-21(30)14-13-19-9-8-10-20(28)17-19/h8-10,17,21-23,25,30-31H,4-7,11-16,18H2,1-3H3,(H,32,33). The highest BCUT2D eigenvalue weighted by Crippen LogP contribution is 2.38. The summed E-state index contributed by atoms with van der Waals surface area (Å²) in [6.45, 7) is 5.80. The van der Waals surface area contributed by atoms with Crippen LogP contribution in [0, 0.1) is 17.7 Å². The summed E-state index contributed by atoms with van der Waals surface area (Å²) in [5.74, 6) is -0.934. The third-order valence-electron chi connectivity index (χ3n) is 6.44. The molecule has 192 valence electrons. The molecule has 3 N–H and O–H groups in total. The third kappa shape index (κ3) is 10.5. The average Bonchev–Trinajstić information content (AvgIpc) is 3.05. The van der Waals surface area contributed by atoms with E-state index in [-0.39, 0.29) is 24.1 Å². The Morgan fingerprint density at radius 2 is 1.91 bits per heavy atom. The van der Waals surface area contributed by atoms with E-state index in [0.717, 1.165) is 37.0 Å². The minimum atomic E-state index is -0.762. The van der Waals surface area contributed by atoms with Gasteiger partial charge in [0.1, 0.15) is 11.4 Å². The van der Waals surface area contributed by atoms with E-state index in [1.807, 2.05) is 26.8 Å². The second-order valence-electron chi connectivity index (χ2n) is 10.6. The van der Waals surface area contributed by atoms with Crippen LogP contribution >= 0.6 is 0 Å². The number of aliphatic hydroxyl groups is 2. The van der Waals surface area contributed by atoms with Gasteiger partial charge in [0.25, 0.3) is 0 Å². The molecule has 0 heterocycles. The van der Waals surface area contributed by atoms with Crippen molar-refractivity contribution in [3.63, 3.8) is 0 Å². The summed E-state index contributed by atoms with van der Waals surface area (Å²) < 4.78 is 13.4. The molecule has 0 saturated heterocycles.